The van der Waals surface area contributed by atoms with Gasteiger partial charge in [0.05, 0.1) is 6.54 Å². The van der Waals surface area contributed by atoms with Gasteiger partial charge < -0.3 is 9.32 Å². The maximum Gasteiger partial charge on any atom is 0.230 e. The molecule has 7 nitrogen and oxygen atoms in total. The van der Waals surface area contributed by atoms with Crippen molar-refractivity contribution in [3.05, 3.63) is 36.7 Å². The van der Waals surface area contributed by atoms with Crippen LogP contribution in [0.15, 0.2) is 35.2 Å². The molecular formula is C15H20N6O. The molecule has 2 aromatic rings. The molecule has 2 aromatic heterocycles. The van der Waals surface area contributed by atoms with Crippen molar-refractivity contribution < 1.29 is 4.42 Å². The number of hydrogen-bond donors (Lipinski definition) is 0. The third-order valence-electron chi connectivity index (χ3n) is 4.51. The molecule has 0 atom stereocenters. The Kier molecular flexibility index (Phi) is 3.74. The second-order valence-electron chi connectivity index (χ2n) is 5.89. The van der Waals surface area contributed by atoms with Crippen LogP contribution < -0.4 is 4.90 Å². The topological polar surface area (TPSA) is 61.5 Å². The van der Waals surface area contributed by atoms with Gasteiger partial charge in [0, 0.05) is 51.5 Å². The van der Waals surface area contributed by atoms with E-state index in [0.717, 1.165) is 51.6 Å². The van der Waals surface area contributed by atoms with Gasteiger partial charge in [-0.1, -0.05) is 6.07 Å². The van der Waals surface area contributed by atoms with E-state index in [2.05, 4.69) is 42.0 Å². The van der Waals surface area contributed by atoms with E-state index < -0.39 is 0 Å². The smallest absolute Gasteiger partial charge is 0.230 e. The Morgan fingerprint density at radius 3 is 2.68 bits per heavy atom. The molecule has 0 aliphatic carbocycles. The lowest BCUT2D eigenvalue weighted by Crippen LogP contribution is -2.62. The lowest BCUT2D eigenvalue weighted by atomic mass is 10.1. The standard InChI is InChI=1S/C15H20N6O/c1-2-4-16-14(3-1)21-7-5-20(6-8-21)13-9-19(10-13)11-15-18-17-12-22-15/h1-4,12-13H,5-11H2. The number of pyridine rings is 1. The molecule has 4 rings (SSSR count). The van der Waals surface area contributed by atoms with Gasteiger partial charge in [0.15, 0.2) is 0 Å². The van der Waals surface area contributed by atoms with Crippen LogP contribution >= 0.6 is 0 Å². The van der Waals surface area contributed by atoms with Gasteiger partial charge in [-0.15, -0.1) is 10.2 Å². The van der Waals surface area contributed by atoms with E-state index in [1.807, 2.05) is 12.3 Å². The predicted octanol–water partition coefficient (Wildman–Crippen LogP) is 0.471. The van der Waals surface area contributed by atoms with E-state index >= 15 is 0 Å². The fraction of sp³-hybridized carbons (Fsp3) is 0.533. The largest absolute Gasteiger partial charge is 0.427 e. The number of hydrogen-bond acceptors (Lipinski definition) is 7. The molecule has 0 N–H and O–H groups in total. The van der Waals surface area contributed by atoms with Gasteiger partial charge in [0.25, 0.3) is 0 Å². The molecule has 0 unspecified atom stereocenters. The first-order chi connectivity index (χ1) is 10.9. The van der Waals surface area contributed by atoms with E-state index in [1.54, 1.807) is 0 Å². The summed E-state index contributed by atoms with van der Waals surface area (Å²) in [6.07, 6.45) is 3.26. The maximum absolute atomic E-state index is 5.19. The fourth-order valence-electron chi connectivity index (χ4n) is 3.22. The number of nitrogens with zero attached hydrogens (tertiary/aromatic N) is 6. The maximum atomic E-state index is 5.19. The summed E-state index contributed by atoms with van der Waals surface area (Å²) in [6.45, 7) is 7.27. The first kappa shape index (κ1) is 13.7. The number of likely N-dealkylation sites (tertiary alicyclic amines) is 1. The zero-order valence-corrected chi connectivity index (χ0v) is 12.5. The highest BCUT2D eigenvalue weighted by Crippen LogP contribution is 2.20. The zero-order valence-electron chi connectivity index (χ0n) is 12.5. The Bertz CT molecular complexity index is 575. The minimum atomic E-state index is 0.661. The highest BCUT2D eigenvalue weighted by molar-refractivity contribution is 5.38. The normalized spacial score (nSPS) is 21.0. The van der Waals surface area contributed by atoms with E-state index in [-0.39, 0.29) is 0 Å². The second kappa shape index (κ2) is 6.02. The lowest BCUT2D eigenvalue weighted by molar-refractivity contribution is 0.0206. The van der Waals surface area contributed by atoms with Crippen LogP contribution in [0.1, 0.15) is 5.89 Å². The highest BCUT2D eigenvalue weighted by atomic mass is 16.4. The molecule has 0 saturated carbocycles. The molecule has 116 valence electrons. The molecule has 0 radical (unpaired) electrons. The van der Waals surface area contributed by atoms with Crippen LogP contribution in [0.3, 0.4) is 0 Å². The number of piperazine rings is 1. The SMILES string of the molecule is c1ccc(N2CCN(C3CN(Cc4nnco4)C3)CC2)nc1. The molecule has 2 aliphatic heterocycles. The average Bonchev–Trinajstić information content (AvgIpc) is 3.05. The minimum Gasteiger partial charge on any atom is -0.427 e. The molecule has 0 spiro atoms. The van der Waals surface area contributed by atoms with Crippen molar-refractivity contribution in [1.29, 1.82) is 0 Å². The average molecular weight is 300 g/mol. The summed E-state index contributed by atoms with van der Waals surface area (Å²) in [4.78, 5) is 11.7. The Morgan fingerprint density at radius 1 is 1.14 bits per heavy atom. The van der Waals surface area contributed by atoms with Crippen molar-refractivity contribution in [2.45, 2.75) is 12.6 Å². The molecule has 4 heterocycles. The van der Waals surface area contributed by atoms with Crippen molar-refractivity contribution in [2.24, 2.45) is 0 Å². The van der Waals surface area contributed by atoms with Crippen LogP contribution in [-0.2, 0) is 6.54 Å². The molecule has 7 heteroatoms. The molecule has 0 amide bonds. The van der Waals surface area contributed by atoms with Gasteiger partial charge in [-0.25, -0.2) is 4.98 Å². The monoisotopic (exact) mass is 300 g/mol. The molecule has 22 heavy (non-hydrogen) atoms. The summed E-state index contributed by atoms with van der Waals surface area (Å²) >= 11 is 0. The first-order valence-corrected chi connectivity index (χ1v) is 7.76. The predicted molar refractivity (Wildman–Crippen MR) is 81.4 cm³/mol. The van der Waals surface area contributed by atoms with Gasteiger partial charge in [0.1, 0.15) is 5.82 Å². The molecule has 2 saturated heterocycles. The second-order valence-corrected chi connectivity index (χ2v) is 5.89. The molecular weight excluding hydrogens is 280 g/mol. The summed E-state index contributed by atoms with van der Waals surface area (Å²) in [6, 6.07) is 6.77. The zero-order chi connectivity index (χ0) is 14.8. The van der Waals surface area contributed by atoms with Gasteiger partial charge >= 0.3 is 0 Å². The van der Waals surface area contributed by atoms with Crippen molar-refractivity contribution in [3.8, 4) is 0 Å². The molecule has 2 aliphatic rings. The van der Waals surface area contributed by atoms with Gasteiger partial charge in [-0.3, -0.25) is 9.80 Å². The Hall–Kier alpha value is -1.99. The lowest BCUT2D eigenvalue weighted by Gasteiger charge is -2.48. The van der Waals surface area contributed by atoms with Crippen LogP contribution in [0.25, 0.3) is 0 Å². The quantitative estimate of drug-likeness (QED) is 0.813. The van der Waals surface area contributed by atoms with Gasteiger partial charge in [-0.05, 0) is 12.1 Å². The van der Waals surface area contributed by atoms with Crippen LogP contribution in [0.5, 0.6) is 0 Å². The third kappa shape index (κ3) is 2.82. The Labute approximate surface area is 129 Å². The summed E-state index contributed by atoms with van der Waals surface area (Å²) < 4.78 is 5.19. The van der Waals surface area contributed by atoms with Crippen LogP contribution in [-0.4, -0.2) is 70.3 Å². The molecule has 0 bridgehead atoms. The third-order valence-corrected chi connectivity index (χ3v) is 4.51. The summed E-state index contributed by atoms with van der Waals surface area (Å²) in [5.74, 6) is 1.80. The van der Waals surface area contributed by atoms with Gasteiger partial charge in [-0.2, -0.15) is 0 Å². The van der Waals surface area contributed by atoms with Crippen LogP contribution in [0, 0.1) is 0 Å². The summed E-state index contributed by atoms with van der Waals surface area (Å²) in [5, 5.41) is 7.65. The van der Waals surface area contributed by atoms with Crippen LogP contribution in [0.4, 0.5) is 5.82 Å². The summed E-state index contributed by atoms with van der Waals surface area (Å²) in [7, 11) is 0. The fourth-order valence-corrected chi connectivity index (χ4v) is 3.22. The minimum absolute atomic E-state index is 0.661. The highest BCUT2D eigenvalue weighted by Gasteiger charge is 2.34. The summed E-state index contributed by atoms with van der Waals surface area (Å²) in [5.41, 5.74) is 0. The van der Waals surface area contributed by atoms with Crippen molar-refractivity contribution in [2.75, 3.05) is 44.2 Å². The van der Waals surface area contributed by atoms with Crippen molar-refractivity contribution >= 4 is 5.82 Å². The number of anilines is 1. The number of rotatable bonds is 4. The Morgan fingerprint density at radius 2 is 2.00 bits per heavy atom. The van der Waals surface area contributed by atoms with E-state index in [4.69, 9.17) is 4.42 Å². The van der Waals surface area contributed by atoms with E-state index in [9.17, 15) is 0 Å². The van der Waals surface area contributed by atoms with Gasteiger partial charge in [0.2, 0.25) is 12.3 Å². The first-order valence-electron chi connectivity index (χ1n) is 7.76. The van der Waals surface area contributed by atoms with E-state index in [0.29, 0.717) is 11.9 Å². The number of aromatic nitrogens is 3. The molecule has 0 aromatic carbocycles. The van der Waals surface area contributed by atoms with Crippen molar-refractivity contribution in [1.82, 2.24) is 25.0 Å². The van der Waals surface area contributed by atoms with E-state index in [1.165, 1.54) is 6.39 Å². The van der Waals surface area contributed by atoms with Crippen LogP contribution in [0.2, 0.25) is 0 Å². The molecule has 2 fully saturated rings. The Balaban J connectivity index is 1.24. The van der Waals surface area contributed by atoms with Crippen molar-refractivity contribution in [3.63, 3.8) is 0 Å².